The summed E-state index contributed by atoms with van der Waals surface area (Å²) in [6.45, 7) is 3.51. The SMILES string of the molecule is O=C1c2cccc3cccc(c23)C(=O)N1CN1CCN(c2ccccn2)CC1. The molecule has 6 heteroatoms. The van der Waals surface area contributed by atoms with Crippen molar-refractivity contribution < 1.29 is 9.59 Å². The van der Waals surface area contributed by atoms with E-state index < -0.39 is 0 Å². The smallest absolute Gasteiger partial charge is 0.262 e. The summed E-state index contributed by atoms with van der Waals surface area (Å²) in [5.41, 5.74) is 1.22. The minimum absolute atomic E-state index is 0.207. The molecular formula is C22H20N4O2. The van der Waals surface area contributed by atoms with Crippen molar-refractivity contribution in [3.05, 3.63) is 71.9 Å². The van der Waals surface area contributed by atoms with Gasteiger partial charge in [0.15, 0.2) is 0 Å². The normalized spacial score (nSPS) is 17.4. The van der Waals surface area contributed by atoms with Gasteiger partial charge in [-0.3, -0.25) is 19.4 Å². The van der Waals surface area contributed by atoms with Crippen molar-refractivity contribution in [2.24, 2.45) is 0 Å². The summed E-state index contributed by atoms with van der Waals surface area (Å²) in [7, 11) is 0. The summed E-state index contributed by atoms with van der Waals surface area (Å²) >= 11 is 0. The van der Waals surface area contributed by atoms with Gasteiger partial charge >= 0.3 is 0 Å². The molecule has 2 amide bonds. The Hall–Kier alpha value is -3.25. The lowest BCUT2D eigenvalue weighted by molar-refractivity contribution is 0.0490. The number of nitrogens with zero attached hydrogens (tertiary/aromatic N) is 4. The van der Waals surface area contributed by atoms with E-state index in [1.54, 1.807) is 6.20 Å². The summed E-state index contributed by atoms with van der Waals surface area (Å²) in [5, 5.41) is 1.71. The Labute approximate surface area is 163 Å². The molecule has 1 aromatic heterocycles. The van der Waals surface area contributed by atoms with Crippen molar-refractivity contribution in [3.63, 3.8) is 0 Å². The number of hydrogen-bond acceptors (Lipinski definition) is 5. The Morgan fingerprint density at radius 2 is 1.46 bits per heavy atom. The number of carbonyl (C=O) groups is 2. The number of benzene rings is 2. The van der Waals surface area contributed by atoms with Crippen LogP contribution in [0.5, 0.6) is 0 Å². The number of piperazine rings is 1. The van der Waals surface area contributed by atoms with Gasteiger partial charge < -0.3 is 4.90 Å². The van der Waals surface area contributed by atoms with Gasteiger partial charge in [-0.15, -0.1) is 0 Å². The molecule has 5 rings (SSSR count). The van der Waals surface area contributed by atoms with Gasteiger partial charge in [-0.2, -0.15) is 0 Å². The van der Waals surface area contributed by atoms with E-state index in [0.29, 0.717) is 17.8 Å². The van der Waals surface area contributed by atoms with Crippen LogP contribution in [0.25, 0.3) is 10.8 Å². The van der Waals surface area contributed by atoms with Crippen LogP contribution in [0.1, 0.15) is 20.7 Å². The van der Waals surface area contributed by atoms with Crippen LogP contribution in [0.4, 0.5) is 5.82 Å². The predicted octanol–water partition coefficient (Wildman–Crippen LogP) is 2.61. The number of carbonyl (C=O) groups excluding carboxylic acids is 2. The lowest BCUT2D eigenvalue weighted by atomic mass is 9.94. The third-order valence-electron chi connectivity index (χ3n) is 5.54. The number of hydrogen-bond donors (Lipinski definition) is 0. The van der Waals surface area contributed by atoms with Crippen LogP contribution in [-0.2, 0) is 0 Å². The third kappa shape index (κ3) is 2.73. The molecule has 0 spiro atoms. The maximum Gasteiger partial charge on any atom is 0.262 e. The largest absolute Gasteiger partial charge is 0.354 e. The molecule has 3 aromatic rings. The number of anilines is 1. The van der Waals surface area contributed by atoms with Crippen molar-refractivity contribution in [1.82, 2.24) is 14.8 Å². The number of pyridine rings is 1. The standard InChI is InChI=1S/C22H20N4O2/c27-21-17-7-3-5-16-6-4-8-18(20(16)17)22(28)26(21)15-24-11-13-25(14-12-24)19-9-1-2-10-23-19/h1-10H,11-15H2. The quantitative estimate of drug-likeness (QED) is 0.662. The van der Waals surface area contributed by atoms with E-state index in [1.807, 2.05) is 54.6 Å². The van der Waals surface area contributed by atoms with E-state index in [4.69, 9.17) is 0 Å². The van der Waals surface area contributed by atoms with Gasteiger partial charge in [0.1, 0.15) is 5.82 Å². The lowest BCUT2D eigenvalue weighted by Crippen LogP contribution is -2.53. The first-order chi connectivity index (χ1) is 13.7. The minimum Gasteiger partial charge on any atom is -0.354 e. The fourth-order valence-electron chi connectivity index (χ4n) is 4.07. The molecule has 2 aliphatic heterocycles. The van der Waals surface area contributed by atoms with Gasteiger partial charge in [-0.25, -0.2) is 4.98 Å². The molecular weight excluding hydrogens is 352 g/mol. The summed E-state index contributed by atoms with van der Waals surface area (Å²) < 4.78 is 0. The summed E-state index contributed by atoms with van der Waals surface area (Å²) in [4.78, 5) is 36.2. The first kappa shape index (κ1) is 16.9. The highest BCUT2D eigenvalue weighted by molar-refractivity contribution is 6.25. The molecule has 0 saturated carbocycles. The molecule has 0 atom stereocenters. The first-order valence-corrected chi connectivity index (χ1v) is 9.48. The summed E-state index contributed by atoms with van der Waals surface area (Å²) in [6, 6.07) is 17.1. The Balaban J connectivity index is 1.34. The Morgan fingerprint density at radius 1 is 0.786 bits per heavy atom. The van der Waals surface area contributed by atoms with Crippen LogP contribution in [0.2, 0.25) is 0 Å². The molecule has 2 aromatic carbocycles. The van der Waals surface area contributed by atoms with Gasteiger partial charge in [-0.1, -0.05) is 30.3 Å². The second kappa shape index (κ2) is 6.73. The molecule has 1 fully saturated rings. The third-order valence-corrected chi connectivity index (χ3v) is 5.54. The number of rotatable bonds is 3. The van der Waals surface area contributed by atoms with Crippen LogP contribution in [0, 0.1) is 0 Å². The van der Waals surface area contributed by atoms with E-state index in [9.17, 15) is 9.59 Å². The first-order valence-electron chi connectivity index (χ1n) is 9.48. The number of imide groups is 1. The van der Waals surface area contributed by atoms with Crippen molar-refractivity contribution in [2.45, 2.75) is 0 Å². The second-order valence-corrected chi connectivity index (χ2v) is 7.18. The highest BCUT2D eigenvalue weighted by atomic mass is 16.2. The van der Waals surface area contributed by atoms with Gasteiger partial charge in [0, 0.05) is 48.9 Å². The van der Waals surface area contributed by atoms with Gasteiger partial charge in [0.25, 0.3) is 11.8 Å². The Bertz CT molecular complexity index is 1010. The van der Waals surface area contributed by atoms with Crippen LogP contribution in [0.15, 0.2) is 60.8 Å². The van der Waals surface area contributed by atoms with E-state index in [1.165, 1.54) is 4.90 Å². The van der Waals surface area contributed by atoms with Gasteiger partial charge in [0.05, 0.1) is 6.67 Å². The second-order valence-electron chi connectivity index (χ2n) is 7.18. The molecule has 140 valence electrons. The predicted molar refractivity (Wildman–Crippen MR) is 107 cm³/mol. The average Bonchev–Trinajstić information content (AvgIpc) is 2.76. The molecule has 0 N–H and O–H groups in total. The van der Waals surface area contributed by atoms with Gasteiger partial charge in [0.2, 0.25) is 0 Å². The van der Waals surface area contributed by atoms with Crippen LogP contribution < -0.4 is 4.90 Å². The zero-order valence-electron chi connectivity index (χ0n) is 15.4. The molecule has 1 saturated heterocycles. The molecule has 0 aliphatic carbocycles. The summed E-state index contributed by atoms with van der Waals surface area (Å²) in [5.74, 6) is 0.552. The highest BCUT2D eigenvalue weighted by Gasteiger charge is 2.34. The molecule has 0 unspecified atom stereocenters. The highest BCUT2D eigenvalue weighted by Crippen LogP contribution is 2.30. The number of aromatic nitrogens is 1. The van der Waals surface area contributed by atoms with E-state index in [0.717, 1.165) is 42.8 Å². The van der Waals surface area contributed by atoms with Crippen LogP contribution in [-0.4, -0.2) is 59.4 Å². The Morgan fingerprint density at radius 3 is 2.07 bits per heavy atom. The fourth-order valence-corrected chi connectivity index (χ4v) is 4.07. The van der Waals surface area contributed by atoms with Crippen LogP contribution >= 0.6 is 0 Å². The topological polar surface area (TPSA) is 56.8 Å². The average molecular weight is 372 g/mol. The van der Waals surface area contributed by atoms with Crippen molar-refractivity contribution >= 4 is 28.4 Å². The van der Waals surface area contributed by atoms with Gasteiger partial charge in [-0.05, 0) is 29.7 Å². The van der Waals surface area contributed by atoms with Crippen molar-refractivity contribution in [1.29, 1.82) is 0 Å². The van der Waals surface area contributed by atoms with E-state index in [-0.39, 0.29) is 11.8 Å². The monoisotopic (exact) mass is 372 g/mol. The zero-order chi connectivity index (χ0) is 19.1. The summed E-state index contributed by atoms with van der Waals surface area (Å²) in [6.07, 6.45) is 1.80. The van der Waals surface area contributed by atoms with Crippen molar-refractivity contribution in [3.8, 4) is 0 Å². The molecule has 28 heavy (non-hydrogen) atoms. The number of amides is 2. The molecule has 0 bridgehead atoms. The molecule has 2 aliphatic rings. The molecule has 0 radical (unpaired) electrons. The fraction of sp³-hybridized carbons (Fsp3) is 0.227. The minimum atomic E-state index is -0.207. The van der Waals surface area contributed by atoms with Crippen molar-refractivity contribution in [2.75, 3.05) is 37.7 Å². The molecule has 6 nitrogen and oxygen atoms in total. The lowest BCUT2D eigenvalue weighted by Gasteiger charge is -2.38. The zero-order valence-corrected chi connectivity index (χ0v) is 15.4. The maximum atomic E-state index is 13.0. The van der Waals surface area contributed by atoms with E-state index >= 15 is 0 Å². The Kier molecular flexibility index (Phi) is 4.06. The van der Waals surface area contributed by atoms with Crippen LogP contribution in [0.3, 0.4) is 0 Å². The molecule has 3 heterocycles. The van der Waals surface area contributed by atoms with E-state index in [2.05, 4.69) is 14.8 Å². The maximum absolute atomic E-state index is 13.0.